The van der Waals surface area contributed by atoms with Gasteiger partial charge in [-0.3, -0.25) is 0 Å². The maximum Gasteiger partial charge on any atom is 0.335 e. The first kappa shape index (κ1) is 23.5. The van der Waals surface area contributed by atoms with Crippen molar-refractivity contribution in [1.29, 1.82) is 0 Å². The molecule has 0 saturated carbocycles. The van der Waals surface area contributed by atoms with Gasteiger partial charge in [0.2, 0.25) is 9.84 Å². The van der Waals surface area contributed by atoms with Crippen LogP contribution in [0, 0.1) is 0 Å². The van der Waals surface area contributed by atoms with Gasteiger partial charge < -0.3 is 19.7 Å². The van der Waals surface area contributed by atoms with E-state index >= 15 is 0 Å². The number of hydrogen-bond acceptors (Lipinski definition) is 6. The van der Waals surface area contributed by atoms with Gasteiger partial charge in [0.15, 0.2) is 0 Å². The molecule has 0 fully saturated rings. The van der Waals surface area contributed by atoms with E-state index in [1.165, 1.54) is 84.9 Å². The molecule has 0 saturated heterocycles. The van der Waals surface area contributed by atoms with Gasteiger partial charge in [-0.1, -0.05) is 6.07 Å². The highest BCUT2D eigenvalue weighted by molar-refractivity contribution is 7.91. The van der Waals surface area contributed by atoms with Crippen molar-refractivity contribution in [3.63, 3.8) is 0 Å². The van der Waals surface area contributed by atoms with Crippen LogP contribution in [0.25, 0.3) is 0 Å². The highest BCUT2D eigenvalue weighted by atomic mass is 32.2. The fraction of sp³-hybridized carbons (Fsp3) is 0. The molecule has 4 aromatic carbocycles. The van der Waals surface area contributed by atoms with Crippen molar-refractivity contribution in [2.75, 3.05) is 0 Å². The van der Waals surface area contributed by atoms with Gasteiger partial charge in [-0.05, 0) is 91.0 Å². The Balaban J connectivity index is 1.46. The summed E-state index contributed by atoms with van der Waals surface area (Å²) in [4.78, 5) is 22.1. The van der Waals surface area contributed by atoms with Gasteiger partial charge in [-0.25, -0.2) is 18.0 Å². The van der Waals surface area contributed by atoms with Crippen LogP contribution in [0.1, 0.15) is 20.7 Å². The molecule has 4 rings (SSSR count). The molecule has 0 aliphatic heterocycles. The van der Waals surface area contributed by atoms with E-state index < -0.39 is 21.8 Å². The summed E-state index contributed by atoms with van der Waals surface area (Å²) in [5.74, 6) is -0.658. The second kappa shape index (κ2) is 9.70. The lowest BCUT2D eigenvalue weighted by molar-refractivity contribution is 0.0686. The molecule has 0 radical (unpaired) electrons. The first-order valence-corrected chi connectivity index (χ1v) is 11.7. The third kappa shape index (κ3) is 5.48. The third-order valence-corrected chi connectivity index (χ3v) is 6.71. The van der Waals surface area contributed by atoms with Crippen molar-refractivity contribution >= 4 is 21.8 Å². The van der Waals surface area contributed by atoms with Crippen molar-refractivity contribution in [2.45, 2.75) is 9.79 Å². The van der Waals surface area contributed by atoms with E-state index in [0.29, 0.717) is 23.0 Å². The van der Waals surface area contributed by atoms with Crippen LogP contribution >= 0.6 is 0 Å². The lowest BCUT2D eigenvalue weighted by atomic mass is 10.2. The summed E-state index contributed by atoms with van der Waals surface area (Å²) in [7, 11) is -3.81. The molecule has 9 heteroatoms. The molecule has 176 valence electrons. The second-order valence-corrected chi connectivity index (χ2v) is 9.26. The van der Waals surface area contributed by atoms with E-state index in [2.05, 4.69) is 0 Å². The van der Waals surface area contributed by atoms with Crippen LogP contribution in [0.15, 0.2) is 107 Å². The van der Waals surface area contributed by atoms with Crippen molar-refractivity contribution < 1.29 is 37.7 Å². The van der Waals surface area contributed by atoms with Crippen LogP contribution in [-0.2, 0) is 9.84 Å². The van der Waals surface area contributed by atoms with Gasteiger partial charge in [0, 0.05) is 0 Å². The monoisotopic (exact) mass is 490 g/mol. The van der Waals surface area contributed by atoms with Gasteiger partial charge in [0.25, 0.3) is 0 Å². The summed E-state index contributed by atoms with van der Waals surface area (Å²) in [6, 6.07) is 23.4. The van der Waals surface area contributed by atoms with Crippen molar-refractivity contribution in [3.05, 3.63) is 108 Å². The van der Waals surface area contributed by atoms with Crippen molar-refractivity contribution in [2.24, 2.45) is 0 Å². The number of carboxylic acid groups (broad SMARTS) is 2. The minimum Gasteiger partial charge on any atom is -0.478 e. The summed E-state index contributed by atoms with van der Waals surface area (Å²) in [5, 5.41) is 18.0. The van der Waals surface area contributed by atoms with E-state index in [1.54, 1.807) is 12.1 Å². The molecule has 0 bridgehead atoms. The minimum atomic E-state index is -3.81. The van der Waals surface area contributed by atoms with Crippen LogP contribution in [-0.4, -0.2) is 30.6 Å². The van der Waals surface area contributed by atoms with E-state index in [9.17, 15) is 18.0 Å². The van der Waals surface area contributed by atoms with Crippen LogP contribution < -0.4 is 9.47 Å². The number of carbonyl (C=O) groups is 2. The first-order valence-electron chi connectivity index (χ1n) is 10.2. The zero-order chi connectivity index (χ0) is 25.0. The standard InChI is InChI=1S/C26H18O8S/c27-25(28)17-4-6-19(7-5-17)33-20-8-12-23(13-9-20)35(31,32)24-14-10-21(11-15-24)34-22-3-1-2-18(16-22)26(29)30/h1-16H,(H,27,28)(H,29,30). The highest BCUT2D eigenvalue weighted by Gasteiger charge is 2.18. The average molecular weight is 490 g/mol. The number of rotatable bonds is 8. The Morgan fingerprint density at radius 2 is 0.971 bits per heavy atom. The average Bonchev–Trinajstić information content (AvgIpc) is 2.85. The maximum absolute atomic E-state index is 13.0. The van der Waals surface area contributed by atoms with E-state index in [4.69, 9.17) is 19.7 Å². The first-order chi connectivity index (χ1) is 16.7. The van der Waals surface area contributed by atoms with E-state index in [0.717, 1.165) is 0 Å². The lowest BCUT2D eigenvalue weighted by Crippen LogP contribution is -2.02. The molecule has 2 N–H and O–H groups in total. The van der Waals surface area contributed by atoms with Gasteiger partial charge in [0.1, 0.15) is 23.0 Å². The molecule has 0 spiro atoms. The Bertz CT molecular complexity index is 1470. The Hall–Kier alpha value is -4.63. The fourth-order valence-electron chi connectivity index (χ4n) is 3.14. The molecule has 0 aliphatic carbocycles. The zero-order valence-corrected chi connectivity index (χ0v) is 18.8. The Labute approximate surface area is 200 Å². The smallest absolute Gasteiger partial charge is 0.335 e. The molecule has 0 heterocycles. The Morgan fingerprint density at radius 1 is 0.543 bits per heavy atom. The number of sulfone groups is 1. The Kier molecular flexibility index (Phi) is 6.52. The quantitative estimate of drug-likeness (QED) is 0.331. The number of ether oxygens (including phenoxy) is 2. The molecular formula is C26H18O8S. The van der Waals surface area contributed by atoms with Crippen molar-refractivity contribution in [3.8, 4) is 23.0 Å². The number of carboxylic acids is 2. The number of aromatic carboxylic acids is 2. The molecule has 0 unspecified atom stereocenters. The number of benzene rings is 4. The summed E-state index contributed by atoms with van der Waals surface area (Å²) < 4.78 is 37.3. The normalized spacial score (nSPS) is 11.0. The molecule has 0 aliphatic rings. The summed E-state index contributed by atoms with van der Waals surface area (Å²) >= 11 is 0. The van der Waals surface area contributed by atoms with Crippen LogP contribution in [0.5, 0.6) is 23.0 Å². The third-order valence-electron chi connectivity index (χ3n) is 4.92. The molecule has 0 aromatic heterocycles. The van der Waals surface area contributed by atoms with Gasteiger partial charge in [-0.15, -0.1) is 0 Å². The Morgan fingerprint density at radius 3 is 1.43 bits per heavy atom. The van der Waals surface area contributed by atoms with Crippen LogP contribution in [0.3, 0.4) is 0 Å². The van der Waals surface area contributed by atoms with Gasteiger partial charge >= 0.3 is 11.9 Å². The maximum atomic E-state index is 13.0. The SMILES string of the molecule is O=C(O)c1ccc(Oc2ccc(S(=O)(=O)c3ccc(Oc4cccc(C(=O)O)c4)cc3)cc2)cc1. The fourth-order valence-corrected chi connectivity index (χ4v) is 4.40. The predicted molar refractivity (Wildman–Crippen MR) is 125 cm³/mol. The predicted octanol–water partition coefficient (Wildman–Crippen LogP) is 5.50. The van der Waals surface area contributed by atoms with Gasteiger partial charge in [0.05, 0.1) is 20.9 Å². The summed E-state index contributed by atoms with van der Waals surface area (Å²) in [6.07, 6.45) is 0. The molecule has 4 aromatic rings. The highest BCUT2D eigenvalue weighted by Crippen LogP contribution is 2.29. The van der Waals surface area contributed by atoms with Crippen LogP contribution in [0.4, 0.5) is 0 Å². The summed E-state index contributed by atoms with van der Waals surface area (Å²) in [6.45, 7) is 0. The van der Waals surface area contributed by atoms with E-state index in [1.807, 2.05) is 0 Å². The second-order valence-electron chi connectivity index (χ2n) is 7.31. The largest absolute Gasteiger partial charge is 0.478 e. The molecule has 0 amide bonds. The summed E-state index contributed by atoms with van der Waals surface area (Å²) in [5.41, 5.74) is 0.204. The lowest BCUT2D eigenvalue weighted by Gasteiger charge is -2.10. The minimum absolute atomic E-state index is 0.0575. The zero-order valence-electron chi connectivity index (χ0n) is 18.0. The molecule has 0 atom stereocenters. The van der Waals surface area contributed by atoms with Crippen LogP contribution in [0.2, 0.25) is 0 Å². The van der Waals surface area contributed by atoms with Gasteiger partial charge in [-0.2, -0.15) is 0 Å². The van der Waals surface area contributed by atoms with Crippen molar-refractivity contribution in [1.82, 2.24) is 0 Å². The van der Waals surface area contributed by atoms with E-state index in [-0.39, 0.29) is 20.9 Å². The molecule has 35 heavy (non-hydrogen) atoms. The topological polar surface area (TPSA) is 127 Å². The molecule has 8 nitrogen and oxygen atoms in total. The number of hydrogen-bond donors (Lipinski definition) is 2. The molecular weight excluding hydrogens is 472 g/mol.